The SMILES string of the molecule is CCO/N=C(\C(=O)NC1C(=O)N2C(C(=O)O)=C(CSC3=NC(N)=CC(N)N3c3ccc(C)cc3C)CS[C@@H]12)c1csc(N)n1. The number of fused-ring (bicyclic) bond motifs is 1. The molecule has 14 nitrogen and oxygen atoms in total. The molecular weight excluding hydrogens is 627 g/mol. The van der Waals surface area contributed by atoms with Gasteiger partial charge in [-0.05, 0) is 44.1 Å². The van der Waals surface area contributed by atoms with Crippen LogP contribution in [0.1, 0.15) is 23.7 Å². The highest BCUT2D eigenvalue weighted by molar-refractivity contribution is 8.14. The number of aromatic nitrogens is 1. The minimum absolute atomic E-state index is 0.116. The van der Waals surface area contributed by atoms with Gasteiger partial charge in [0.05, 0.1) is 0 Å². The maximum absolute atomic E-state index is 13.3. The molecule has 2 aromatic rings. The van der Waals surface area contributed by atoms with E-state index in [0.717, 1.165) is 28.2 Å². The maximum Gasteiger partial charge on any atom is 0.352 e. The Bertz CT molecular complexity index is 1640. The van der Waals surface area contributed by atoms with Gasteiger partial charge in [0.2, 0.25) is 0 Å². The average Bonchev–Trinajstić information content (AvgIpc) is 3.40. The van der Waals surface area contributed by atoms with Gasteiger partial charge in [-0.25, -0.2) is 14.8 Å². The molecule has 0 bridgehead atoms. The third-order valence-corrected chi connectivity index (χ3v) is 9.91. The van der Waals surface area contributed by atoms with Crippen molar-refractivity contribution < 1.29 is 24.3 Å². The van der Waals surface area contributed by atoms with Crippen LogP contribution in [0.15, 0.2) is 56.9 Å². The molecular formula is C27H31N9O5S3. The van der Waals surface area contributed by atoms with Crippen molar-refractivity contribution in [1.29, 1.82) is 0 Å². The second kappa shape index (κ2) is 12.9. The fourth-order valence-electron chi connectivity index (χ4n) is 4.91. The number of carboxylic acids is 1. The van der Waals surface area contributed by atoms with Crippen LogP contribution in [0.25, 0.3) is 0 Å². The topological polar surface area (TPSA) is 215 Å². The molecule has 4 heterocycles. The molecule has 1 aromatic heterocycles. The number of oxime groups is 1. The molecule has 44 heavy (non-hydrogen) atoms. The highest BCUT2D eigenvalue weighted by Crippen LogP contribution is 2.41. The first-order valence-electron chi connectivity index (χ1n) is 13.4. The zero-order valence-electron chi connectivity index (χ0n) is 24.0. The van der Waals surface area contributed by atoms with Crippen molar-refractivity contribution in [2.45, 2.75) is 38.4 Å². The number of aliphatic carboxylic acids is 1. The summed E-state index contributed by atoms with van der Waals surface area (Å²) in [5.74, 6) is -1.69. The molecule has 3 aliphatic heterocycles. The van der Waals surface area contributed by atoms with Crippen LogP contribution in [0.2, 0.25) is 0 Å². The molecule has 3 atom stereocenters. The van der Waals surface area contributed by atoms with Crippen molar-refractivity contribution in [3.63, 3.8) is 0 Å². The highest BCUT2D eigenvalue weighted by atomic mass is 32.2. The van der Waals surface area contributed by atoms with Gasteiger partial charge in [0.1, 0.15) is 41.4 Å². The molecule has 0 aliphatic carbocycles. The molecule has 2 unspecified atom stereocenters. The molecule has 8 N–H and O–H groups in total. The van der Waals surface area contributed by atoms with Gasteiger partial charge < -0.3 is 37.4 Å². The van der Waals surface area contributed by atoms with Crippen molar-refractivity contribution in [1.82, 2.24) is 15.2 Å². The van der Waals surface area contributed by atoms with E-state index in [9.17, 15) is 19.5 Å². The summed E-state index contributed by atoms with van der Waals surface area (Å²) in [6.07, 6.45) is 1.07. The van der Waals surface area contributed by atoms with Crippen LogP contribution in [0.5, 0.6) is 0 Å². The minimum Gasteiger partial charge on any atom is -0.477 e. The molecule has 2 amide bonds. The standard InChI is InChI=1S/C27H31N9O5S3/c1-4-41-34-19(15-11-43-26(30)31-15)22(37)33-20-23(38)36-21(25(39)40)14(9-42-24(20)36)10-44-27-32-17(28)8-18(29)35(27)16-6-5-12(2)7-13(16)3/h5-8,11,18,20,24H,4,9-10,28-29H2,1-3H3,(H2,30,31)(H,33,37)(H,39,40)/b34-19-/t18?,20?,24-/m0/s1. The van der Waals surface area contributed by atoms with Crippen LogP contribution >= 0.6 is 34.9 Å². The number of carboxylic acid groups (broad SMARTS) is 1. The summed E-state index contributed by atoms with van der Waals surface area (Å²) in [5.41, 5.74) is 21.6. The predicted octanol–water partition coefficient (Wildman–Crippen LogP) is 1.52. The predicted molar refractivity (Wildman–Crippen MR) is 173 cm³/mol. The second-order valence-corrected chi connectivity index (χ2v) is 12.9. The number of anilines is 2. The fourth-order valence-corrected chi connectivity index (χ4v) is 8.00. The molecule has 17 heteroatoms. The van der Waals surface area contributed by atoms with E-state index in [-0.39, 0.29) is 40.4 Å². The molecule has 1 saturated heterocycles. The van der Waals surface area contributed by atoms with Gasteiger partial charge >= 0.3 is 5.97 Å². The van der Waals surface area contributed by atoms with Gasteiger partial charge in [-0.3, -0.25) is 14.5 Å². The maximum atomic E-state index is 13.3. The number of hydrogen-bond donors (Lipinski definition) is 5. The number of nitrogens with one attached hydrogen (secondary N) is 1. The number of amidine groups is 1. The smallest absolute Gasteiger partial charge is 0.352 e. The second-order valence-electron chi connectivity index (χ2n) is 9.97. The number of benzene rings is 1. The number of carbonyl (C=O) groups is 3. The van der Waals surface area contributed by atoms with E-state index in [2.05, 4.69) is 20.4 Å². The van der Waals surface area contributed by atoms with Crippen molar-refractivity contribution in [2.24, 2.45) is 21.6 Å². The quantitative estimate of drug-likeness (QED) is 0.147. The first-order valence-corrected chi connectivity index (χ1v) is 16.3. The van der Waals surface area contributed by atoms with E-state index in [1.165, 1.54) is 28.4 Å². The van der Waals surface area contributed by atoms with Crippen LogP contribution in [0.4, 0.5) is 10.8 Å². The summed E-state index contributed by atoms with van der Waals surface area (Å²) in [6.45, 7) is 5.89. The van der Waals surface area contributed by atoms with E-state index in [1.54, 1.807) is 18.4 Å². The molecule has 0 spiro atoms. The summed E-state index contributed by atoms with van der Waals surface area (Å²) in [7, 11) is 0. The third kappa shape index (κ3) is 6.12. The van der Waals surface area contributed by atoms with Crippen molar-refractivity contribution in [2.75, 3.05) is 28.7 Å². The van der Waals surface area contributed by atoms with Crippen LogP contribution < -0.4 is 27.4 Å². The number of thiazole rings is 1. The fraction of sp³-hybridized carbons (Fsp3) is 0.333. The Morgan fingerprint density at radius 1 is 1.27 bits per heavy atom. The minimum atomic E-state index is -1.24. The zero-order chi connectivity index (χ0) is 31.7. The van der Waals surface area contributed by atoms with Gasteiger partial charge in [-0.1, -0.05) is 34.6 Å². The van der Waals surface area contributed by atoms with Crippen molar-refractivity contribution in [3.8, 4) is 0 Å². The lowest BCUT2D eigenvalue weighted by molar-refractivity contribution is -0.150. The monoisotopic (exact) mass is 657 g/mol. The number of β-lactam (4-membered cyclic amide) rings is 1. The van der Waals surface area contributed by atoms with E-state index >= 15 is 0 Å². The molecule has 0 radical (unpaired) electrons. The summed E-state index contributed by atoms with van der Waals surface area (Å²) in [5, 5.41) is 18.4. The van der Waals surface area contributed by atoms with Crippen LogP contribution in [0, 0.1) is 13.8 Å². The number of hydrogen-bond acceptors (Lipinski definition) is 14. The highest BCUT2D eigenvalue weighted by Gasteiger charge is 2.54. The lowest BCUT2D eigenvalue weighted by Gasteiger charge is -2.49. The lowest BCUT2D eigenvalue weighted by Crippen LogP contribution is -2.71. The Hall–Kier alpha value is -4.06. The average molecular weight is 658 g/mol. The van der Waals surface area contributed by atoms with Gasteiger partial charge in [0, 0.05) is 22.6 Å². The van der Waals surface area contributed by atoms with Gasteiger partial charge in [0.25, 0.3) is 11.8 Å². The summed E-state index contributed by atoms with van der Waals surface area (Å²) >= 11 is 3.77. The number of nitrogen functional groups attached to an aromatic ring is 1. The number of rotatable bonds is 9. The Balaban J connectivity index is 1.34. The van der Waals surface area contributed by atoms with Crippen LogP contribution in [-0.4, -0.2) is 79.3 Å². The molecule has 5 rings (SSSR count). The Morgan fingerprint density at radius 3 is 2.70 bits per heavy atom. The van der Waals surface area contributed by atoms with Crippen molar-refractivity contribution >= 4 is 74.3 Å². The number of aryl methyl sites for hydroxylation is 2. The van der Waals surface area contributed by atoms with Gasteiger partial charge in [-0.15, -0.1) is 23.1 Å². The molecule has 0 saturated carbocycles. The number of nitrogens with two attached hydrogens (primary N) is 3. The zero-order valence-corrected chi connectivity index (χ0v) is 26.5. The first-order chi connectivity index (χ1) is 21.0. The van der Waals surface area contributed by atoms with Crippen LogP contribution in [-0.2, 0) is 19.2 Å². The van der Waals surface area contributed by atoms with Crippen molar-refractivity contribution in [3.05, 3.63) is 63.6 Å². The molecule has 232 valence electrons. The summed E-state index contributed by atoms with van der Waals surface area (Å²) < 4.78 is 0. The van der Waals surface area contributed by atoms with Gasteiger partial charge in [-0.2, -0.15) is 0 Å². The number of amides is 2. The Morgan fingerprint density at radius 2 is 2.05 bits per heavy atom. The number of aliphatic imine (C=N–C) groups is 1. The molecule has 3 aliphatic rings. The van der Waals surface area contributed by atoms with E-state index < -0.39 is 35.4 Å². The molecule has 1 aromatic carbocycles. The summed E-state index contributed by atoms with van der Waals surface area (Å²) in [4.78, 5) is 55.6. The summed E-state index contributed by atoms with van der Waals surface area (Å²) in [6, 6.07) is 5.01. The first kappa shape index (κ1) is 31.4. The van der Waals surface area contributed by atoms with E-state index in [1.807, 2.05) is 36.9 Å². The normalized spacial score (nSPS) is 21.8. The number of nitrogens with zero attached hydrogens (tertiary/aromatic N) is 5. The largest absolute Gasteiger partial charge is 0.477 e. The number of thioether (sulfide) groups is 2. The molecule has 1 fully saturated rings. The van der Waals surface area contributed by atoms with E-state index in [4.69, 9.17) is 22.0 Å². The Labute approximate surface area is 265 Å². The van der Waals surface area contributed by atoms with Gasteiger partial charge in [0.15, 0.2) is 16.0 Å². The lowest BCUT2D eigenvalue weighted by atomic mass is 10.0. The third-order valence-electron chi connectivity index (χ3n) is 6.86. The van der Waals surface area contributed by atoms with Crippen LogP contribution in [0.3, 0.4) is 0 Å². The Kier molecular flexibility index (Phi) is 9.19. The van der Waals surface area contributed by atoms with E-state index in [0.29, 0.717) is 16.5 Å². The number of carbonyl (C=O) groups excluding carboxylic acids is 2.